The lowest BCUT2D eigenvalue weighted by molar-refractivity contribution is -0.116. The van der Waals surface area contributed by atoms with Crippen LogP contribution in [0.5, 0.6) is 5.75 Å². The van der Waals surface area contributed by atoms with Gasteiger partial charge in [0.05, 0.1) is 23.7 Å². The molecule has 0 aliphatic heterocycles. The van der Waals surface area contributed by atoms with Gasteiger partial charge in [-0.3, -0.25) is 9.59 Å². The molecule has 0 saturated carbocycles. The van der Waals surface area contributed by atoms with Gasteiger partial charge < -0.3 is 19.2 Å². The molecule has 25 heavy (non-hydrogen) atoms. The van der Waals surface area contributed by atoms with Crippen molar-refractivity contribution in [2.45, 2.75) is 20.0 Å². The summed E-state index contributed by atoms with van der Waals surface area (Å²) in [4.78, 5) is 24.7. The maximum Gasteiger partial charge on any atom is 0.259 e. The third-order valence-electron chi connectivity index (χ3n) is 4.00. The van der Waals surface area contributed by atoms with Crippen molar-refractivity contribution < 1.29 is 9.53 Å². The van der Waals surface area contributed by atoms with Crippen LogP contribution < -0.4 is 15.6 Å². The van der Waals surface area contributed by atoms with E-state index < -0.39 is 0 Å². The number of nitrogens with one attached hydrogen (secondary N) is 1. The number of hydrogen-bond donors (Lipinski definition) is 1. The van der Waals surface area contributed by atoms with E-state index in [1.54, 1.807) is 45.8 Å². The molecule has 0 bridgehead atoms. The van der Waals surface area contributed by atoms with Gasteiger partial charge in [0.15, 0.2) is 0 Å². The number of fused-ring (bicyclic) bond motifs is 1. The zero-order chi connectivity index (χ0) is 18.0. The summed E-state index contributed by atoms with van der Waals surface area (Å²) < 4.78 is 8.59. The summed E-state index contributed by atoms with van der Waals surface area (Å²) in [7, 11) is 1.52. The third kappa shape index (κ3) is 3.39. The molecule has 0 unspecified atom stereocenters. The molecule has 1 N–H and O–H groups in total. The van der Waals surface area contributed by atoms with E-state index in [2.05, 4.69) is 5.32 Å². The van der Waals surface area contributed by atoms with Crippen molar-refractivity contribution in [3.05, 3.63) is 58.1 Å². The lowest BCUT2D eigenvalue weighted by Gasteiger charge is -2.11. The average Bonchev–Trinajstić information content (AvgIpc) is 2.99. The number of anilines is 1. The first-order valence-electron chi connectivity index (χ1n) is 7.85. The molecular weight excluding hydrogens is 342 g/mol. The summed E-state index contributed by atoms with van der Waals surface area (Å²) in [5.41, 5.74) is 1.17. The van der Waals surface area contributed by atoms with Crippen LogP contribution in [0.25, 0.3) is 10.9 Å². The number of methoxy groups -OCH3 is 1. The van der Waals surface area contributed by atoms with Gasteiger partial charge in [-0.25, -0.2) is 0 Å². The Kier molecular flexibility index (Phi) is 4.81. The fraction of sp³-hybridized carbons (Fsp3) is 0.222. The number of carbonyl (C=O) groups excluding carboxylic acids is 1. The van der Waals surface area contributed by atoms with Crippen molar-refractivity contribution in [1.29, 1.82) is 0 Å². The van der Waals surface area contributed by atoms with Crippen LogP contribution in [0.3, 0.4) is 0 Å². The van der Waals surface area contributed by atoms with Crippen molar-refractivity contribution in [2.75, 3.05) is 12.4 Å². The van der Waals surface area contributed by atoms with E-state index in [9.17, 15) is 9.59 Å². The molecule has 0 atom stereocenters. The van der Waals surface area contributed by atoms with E-state index in [0.717, 1.165) is 5.52 Å². The lowest BCUT2D eigenvalue weighted by Crippen LogP contribution is -2.20. The second-order valence-electron chi connectivity index (χ2n) is 5.54. The fourth-order valence-corrected chi connectivity index (χ4v) is 2.92. The predicted molar refractivity (Wildman–Crippen MR) is 98.5 cm³/mol. The monoisotopic (exact) mass is 359 g/mol. The van der Waals surface area contributed by atoms with E-state index in [1.807, 2.05) is 13.0 Å². The third-order valence-corrected chi connectivity index (χ3v) is 4.24. The Morgan fingerprint density at radius 2 is 1.96 bits per heavy atom. The predicted octanol–water partition coefficient (Wildman–Crippen LogP) is 3.12. The summed E-state index contributed by atoms with van der Waals surface area (Å²) in [5, 5.41) is 3.89. The zero-order valence-electron chi connectivity index (χ0n) is 14.0. The number of ether oxygens (including phenoxy) is 1. The summed E-state index contributed by atoms with van der Waals surface area (Å²) in [6, 6.07) is 8.58. The molecule has 0 aliphatic carbocycles. The minimum Gasteiger partial charge on any atom is -0.495 e. The first-order chi connectivity index (χ1) is 12.0. The van der Waals surface area contributed by atoms with Crippen LogP contribution in [0.15, 0.2) is 47.5 Å². The van der Waals surface area contributed by atoms with Crippen molar-refractivity contribution in [3.8, 4) is 5.75 Å². The highest BCUT2D eigenvalue weighted by molar-refractivity contribution is 6.31. The van der Waals surface area contributed by atoms with Gasteiger partial charge >= 0.3 is 0 Å². The van der Waals surface area contributed by atoms with E-state index >= 15 is 0 Å². The molecule has 1 amide bonds. The molecule has 3 aromatic rings. The van der Waals surface area contributed by atoms with Crippen molar-refractivity contribution in [3.63, 3.8) is 0 Å². The van der Waals surface area contributed by atoms with Crippen LogP contribution in [-0.2, 0) is 17.9 Å². The largest absolute Gasteiger partial charge is 0.495 e. The van der Waals surface area contributed by atoms with Crippen LogP contribution >= 0.6 is 11.6 Å². The summed E-state index contributed by atoms with van der Waals surface area (Å²) >= 11 is 5.97. The fourth-order valence-electron chi connectivity index (χ4n) is 2.74. The number of aromatic nitrogens is 2. The molecule has 2 aromatic heterocycles. The molecule has 130 valence electrons. The van der Waals surface area contributed by atoms with Crippen LogP contribution in [0.4, 0.5) is 5.69 Å². The number of pyridine rings is 1. The second kappa shape index (κ2) is 7.03. The number of amides is 1. The van der Waals surface area contributed by atoms with Gasteiger partial charge in [0.1, 0.15) is 12.3 Å². The Hall–Kier alpha value is -2.73. The van der Waals surface area contributed by atoms with E-state index in [1.165, 1.54) is 7.11 Å². The number of hydrogen-bond acceptors (Lipinski definition) is 3. The van der Waals surface area contributed by atoms with Gasteiger partial charge in [0, 0.05) is 24.0 Å². The summed E-state index contributed by atoms with van der Waals surface area (Å²) in [5.74, 6) is 0.290. The molecule has 6 nitrogen and oxygen atoms in total. The number of rotatable bonds is 5. The Bertz CT molecular complexity index is 991. The number of benzene rings is 1. The molecule has 0 aliphatic rings. The molecule has 0 spiro atoms. The van der Waals surface area contributed by atoms with Crippen molar-refractivity contribution in [2.24, 2.45) is 0 Å². The van der Waals surface area contributed by atoms with Gasteiger partial charge in [-0.15, -0.1) is 0 Å². The molecule has 3 rings (SSSR count). The Morgan fingerprint density at radius 1 is 1.20 bits per heavy atom. The molecule has 1 aromatic carbocycles. The van der Waals surface area contributed by atoms with Gasteiger partial charge in [0.2, 0.25) is 5.91 Å². The average molecular weight is 360 g/mol. The smallest absolute Gasteiger partial charge is 0.259 e. The lowest BCUT2D eigenvalue weighted by atomic mass is 10.3. The van der Waals surface area contributed by atoms with Crippen LogP contribution in [0, 0.1) is 0 Å². The van der Waals surface area contributed by atoms with Crippen molar-refractivity contribution in [1.82, 2.24) is 9.13 Å². The van der Waals surface area contributed by atoms with E-state index in [4.69, 9.17) is 16.3 Å². The molecule has 0 saturated heterocycles. The topological polar surface area (TPSA) is 65.3 Å². The zero-order valence-corrected chi connectivity index (χ0v) is 14.7. The highest BCUT2D eigenvalue weighted by Crippen LogP contribution is 2.27. The summed E-state index contributed by atoms with van der Waals surface area (Å²) in [6.45, 7) is 2.60. The van der Waals surface area contributed by atoms with Gasteiger partial charge in [-0.1, -0.05) is 11.6 Å². The highest BCUT2D eigenvalue weighted by Gasteiger charge is 2.12. The number of nitrogens with zero attached hydrogens (tertiary/aromatic N) is 2. The normalized spacial score (nSPS) is 10.8. The summed E-state index contributed by atoms with van der Waals surface area (Å²) in [6.07, 6.45) is 3.47. The standard InChI is InChI=1S/C18H18ClN3O3/c1-3-21-9-7-15-13(18(21)24)6-8-22(15)11-17(23)20-14-10-12(19)4-5-16(14)25-2/h4-10H,3,11H2,1-2H3,(H,20,23). The molecule has 2 heterocycles. The maximum atomic E-state index is 12.4. The maximum absolute atomic E-state index is 12.4. The molecular formula is C18H18ClN3O3. The first-order valence-corrected chi connectivity index (χ1v) is 8.23. The Labute approximate surface area is 149 Å². The van der Waals surface area contributed by atoms with Gasteiger partial charge in [0.25, 0.3) is 5.56 Å². The highest BCUT2D eigenvalue weighted by atomic mass is 35.5. The van der Waals surface area contributed by atoms with Gasteiger partial charge in [-0.05, 0) is 37.3 Å². The quantitative estimate of drug-likeness (QED) is 0.761. The number of aryl methyl sites for hydroxylation is 1. The first kappa shape index (κ1) is 17.1. The molecule has 0 fully saturated rings. The second-order valence-corrected chi connectivity index (χ2v) is 5.98. The van der Waals surface area contributed by atoms with Crippen LogP contribution in [-0.4, -0.2) is 22.2 Å². The van der Waals surface area contributed by atoms with Gasteiger partial charge in [-0.2, -0.15) is 0 Å². The number of carbonyl (C=O) groups is 1. The SMILES string of the molecule is CCn1ccc2c(ccn2CC(=O)Nc2cc(Cl)ccc2OC)c1=O. The minimum absolute atomic E-state index is 0.0596. The minimum atomic E-state index is -0.238. The number of halogens is 1. The van der Waals surface area contributed by atoms with Crippen LogP contribution in [0.2, 0.25) is 5.02 Å². The Morgan fingerprint density at radius 3 is 2.68 bits per heavy atom. The van der Waals surface area contributed by atoms with Crippen molar-refractivity contribution >= 4 is 34.1 Å². The Balaban J connectivity index is 1.85. The van der Waals surface area contributed by atoms with E-state index in [0.29, 0.717) is 28.4 Å². The van der Waals surface area contributed by atoms with Crippen LogP contribution in [0.1, 0.15) is 6.92 Å². The molecule has 7 heteroatoms. The van der Waals surface area contributed by atoms with E-state index in [-0.39, 0.29) is 18.0 Å². The molecule has 0 radical (unpaired) electrons.